The number of rotatable bonds is 9. The van der Waals surface area contributed by atoms with Crippen LogP contribution in [0.3, 0.4) is 0 Å². The fraction of sp³-hybridized carbons (Fsp3) is 0.286. The fourth-order valence-electron chi connectivity index (χ4n) is 4.33. The number of carbonyl (C=O) groups is 1. The van der Waals surface area contributed by atoms with E-state index in [0.29, 0.717) is 29.6 Å². The Morgan fingerprint density at radius 3 is 2.56 bits per heavy atom. The Kier molecular flexibility index (Phi) is 7.34. The highest BCUT2D eigenvalue weighted by molar-refractivity contribution is 7.12. The van der Waals surface area contributed by atoms with Gasteiger partial charge < -0.3 is 19.1 Å². The molecule has 1 unspecified atom stereocenters. The summed E-state index contributed by atoms with van der Waals surface area (Å²) in [7, 11) is 1.63. The highest BCUT2D eigenvalue weighted by atomic mass is 32.1. The lowest BCUT2D eigenvalue weighted by Crippen LogP contribution is -2.36. The van der Waals surface area contributed by atoms with E-state index in [-0.39, 0.29) is 12.0 Å². The van der Waals surface area contributed by atoms with Crippen LogP contribution in [0.4, 0.5) is 0 Å². The zero-order valence-electron chi connectivity index (χ0n) is 20.4. The minimum absolute atomic E-state index is 0.0113. The molecule has 8 heteroatoms. The Balaban J connectivity index is 1.53. The molecule has 0 spiro atoms. The summed E-state index contributed by atoms with van der Waals surface area (Å²) in [5.74, 6) is 1.98. The minimum Gasteiger partial charge on any atom is -0.497 e. The van der Waals surface area contributed by atoms with Gasteiger partial charge in [0.25, 0.3) is 5.91 Å². The van der Waals surface area contributed by atoms with Gasteiger partial charge >= 0.3 is 0 Å². The SMILES string of the molecule is COc1ccc(Oc2c(CN(CC3CCCO3)C(=O)c3cccs3)c(C)nn2-c2ccccc2)cc1. The molecule has 7 nitrogen and oxygen atoms in total. The molecule has 2 aromatic heterocycles. The number of para-hydroxylation sites is 1. The summed E-state index contributed by atoms with van der Waals surface area (Å²) in [6.45, 7) is 3.58. The van der Waals surface area contributed by atoms with Crippen molar-refractivity contribution in [2.45, 2.75) is 32.4 Å². The summed E-state index contributed by atoms with van der Waals surface area (Å²) in [6, 6.07) is 21.1. The largest absolute Gasteiger partial charge is 0.497 e. The third-order valence-corrected chi connectivity index (χ3v) is 7.09. The molecular formula is C28H29N3O4S. The quantitative estimate of drug-likeness (QED) is 0.286. The molecule has 1 saturated heterocycles. The van der Waals surface area contributed by atoms with Crippen molar-refractivity contribution in [1.29, 1.82) is 0 Å². The molecule has 2 aromatic carbocycles. The van der Waals surface area contributed by atoms with E-state index in [9.17, 15) is 4.79 Å². The van der Waals surface area contributed by atoms with Crippen molar-refractivity contribution in [3.63, 3.8) is 0 Å². The van der Waals surface area contributed by atoms with Crippen LogP contribution in [0.25, 0.3) is 5.69 Å². The number of carbonyl (C=O) groups excluding carboxylic acids is 1. The zero-order chi connectivity index (χ0) is 24.9. The summed E-state index contributed by atoms with van der Waals surface area (Å²) >= 11 is 1.45. The van der Waals surface area contributed by atoms with Gasteiger partial charge in [-0.25, -0.2) is 4.68 Å². The van der Waals surface area contributed by atoms with E-state index in [1.165, 1.54) is 11.3 Å². The average molecular weight is 504 g/mol. The van der Waals surface area contributed by atoms with Crippen molar-refractivity contribution in [3.8, 4) is 23.1 Å². The maximum atomic E-state index is 13.5. The van der Waals surface area contributed by atoms with E-state index in [2.05, 4.69) is 0 Å². The molecule has 186 valence electrons. The van der Waals surface area contributed by atoms with E-state index < -0.39 is 0 Å². The van der Waals surface area contributed by atoms with Gasteiger partial charge in [-0.1, -0.05) is 24.3 Å². The highest BCUT2D eigenvalue weighted by Crippen LogP contribution is 2.33. The monoisotopic (exact) mass is 503 g/mol. The lowest BCUT2D eigenvalue weighted by Gasteiger charge is -2.25. The molecule has 0 radical (unpaired) electrons. The molecule has 0 bridgehead atoms. The third kappa shape index (κ3) is 5.29. The van der Waals surface area contributed by atoms with Crippen molar-refractivity contribution < 1.29 is 19.0 Å². The van der Waals surface area contributed by atoms with Gasteiger partial charge in [-0.2, -0.15) is 5.10 Å². The smallest absolute Gasteiger partial charge is 0.264 e. The maximum absolute atomic E-state index is 13.5. The van der Waals surface area contributed by atoms with Gasteiger partial charge in [-0.15, -0.1) is 11.3 Å². The predicted octanol–water partition coefficient (Wildman–Crippen LogP) is 5.86. The molecule has 36 heavy (non-hydrogen) atoms. The van der Waals surface area contributed by atoms with Crippen molar-refractivity contribution >= 4 is 17.2 Å². The standard InChI is InChI=1S/C28H29N3O4S/c1-20-25(19-30(18-24-10-6-16-34-24)27(32)26-11-7-17-36-26)28(31(29-20)21-8-4-3-5-9-21)35-23-14-12-22(33-2)13-15-23/h3-5,7-9,11-15,17,24H,6,10,16,18-19H2,1-2H3. The van der Waals surface area contributed by atoms with Gasteiger partial charge in [0.05, 0.1) is 41.6 Å². The van der Waals surface area contributed by atoms with Crippen LogP contribution in [-0.2, 0) is 11.3 Å². The van der Waals surface area contributed by atoms with Crippen molar-refractivity contribution in [2.24, 2.45) is 0 Å². The van der Waals surface area contributed by atoms with E-state index in [0.717, 1.165) is 42.1 Å². The lowest BCUT2D eigenvalue weighted by molar-refractivity contribution is 0.0509. The number of hydrogen-bond donors (Lipinski definition) is 0. The van der Waals surface area contributed by atoms with Gasteiger partial charge in [-0.3, -0.25) is 4.79 Å². The number of nitrogens with zero attached hydrogens (tertiary/aromatic N) is 3. The number of aromatic nitrogens is 2. The predicted molar refractivity (Wildman–Crippen MR) is 139 cm³/mol. The van der Waals surface area contributed by atoms with E-state index in [1.54, 1.807) is 11.8 Å². The van der Waals surface area contributed by atoms with Crippen LogP contribution < -0.4 is 9.47 Å². The van der Waals surface area contributed by atoms with E-state index in [4.69, 9.17) is 19.3 Å². The second-order valence-electron chi connectivity index (χ2n) is 8.69. The van der Waals surface area contributed by atoms with Crippen LogP contribution in [0.5, 0.6) is 17.4 Å². The maximum Gasteiger partial charge on any atom is 0.264 e. The van der Waals surface area contributed by atoms with Crippen LogP contribution >= 0.6 is 11.3 Å². The summed E-state index contributed by atoms with van der Waals surface area (Å²) in [4.78, 5) is 16.1. The first-order valence-corrected chi connectivity index (χ1v) is 12.9. The van der Waals surface area contributed by atoms with Gasteiger partial charge in [0.1, 0.15) is 11.5 Å². The van der Waals surface area contributed by atoms with Crippen molar-refractivity contribution in [3.05, 3.63) is 88.2 Å². The fourth-order valence-corrected chi connectivity index (χ4v) is 5.02. The Labute approximate surface area is 214 Å². The topological polar surface area (TPSA) is 65.8 Å². The molecule has 0 N–H and O–H groups in total. The van der Waals surface area contributed by atoms with Crippen LogP contribution in [-0.4, -0.2) is 47.0 Å². The molecule has 3 heterocycles. The molecule has 0 aliphatic carbocycles. The van der Waals surface area contributed by atoms with Gasteiger partial charge in [0.2, 0.25) is 5.88 Å². The highest BCUT2D eigenvalue weighted by Gasteiger charge is 2.28. The number of aryl methyl sites for hydroxylation is 1. The first kappa shape index (κ1) is 24.1. The molecular weight excluding hydrogens is 474 g/mol. The summed E-state index contributed by atoms with van der Waals surface area (Å²) in [5, 5.41) is 6.74. The molecule has 1 atom stereocenters. The number of methoxy groups -OCH3 is 1. The second-order valence-corrected chi connectivity index (χ2v) is 9.64. The average Bonchev–Trinajstić information content (AvgIpc) is 3.68. The Morgan fingerprint density at radius 2 is 1.89 bits per heavy atom. The molecule has 0 saturated carbocycles. The Bertz CT molecular complexity index is 1280. The Hall–Kier alpha value is -3.62. The Morgan fingerprint density at radius 1 is 1.11 bits per heavy atom. The first-order chi connectivity index (χ1) is 17.6. The normalized spacial score (nSPS) is 15.1. The van der Waals surface area contributed by atoms with E-state index >= 15 is 0 Å². The number of hydrogen-bond acceptors (Lipinski definition) is 6. The van der Waals surface area contributed by atoms with Gasteiger partial charge in [0.15, 0.2) is 0 Å². The lowest BCUT2D eigenvalue weighted by atomic mass is 10.2. The zero-order valence-corrected chi connectivity index (χ0v) is 21.2. The number of benzene rings is 2. The van der Waals surface area contributed by atoms with Crippen molar-refractivity contribution in [2.75, 3.05) is 20.3 Å². The minimum atomic E-state index is -0.0113. The number of thiophene rings is 1. The van der Waals surface area contributed by atoms with Crippen LogP contribution in [0.1, 0.15) is 33.8 Å². The molecule has 5 rings (SSSR count). The van der Waals surface area contributed by atoms with Gasteiger partial charge in [-0.05, 0) is 67.6 Å². The van der Waals surface area contributed by atoms with Crippen LogP contribution in [0.15, 0.2) is 72.1 Å². The third-order valence-electron chi connectivity index (χ3n) is 6.23. The van der Waals surface area contributed by atoms with Crippen LogP contribution in [0, 0.1) is 6.92 Å². The second kappa shape index (κ2) is 11.0. The van der Waals surface area contributed by atoms with Gasteiger partial charge in [0, 0.05) is 13.2 Å². The molecule has 1 aliphatic rings. The first-order valence-electron chi connectivity index (χ1n) is 12.0. The van der Waals surface area contributed by atoms with Crippen molar-refractivity contribution in [1.82, 2.24) is 14.7 Å². The molecule has 4 aromatic rings. The van der Waals surface area contributed by atoms with E-state index in [1.807, 2.05) is 83.9 Å². The number of ether oxygens (including phenoxy) is 3. The summed E-state index contributed by atoms with van der Waals surface area (Å²) < 4.78 is 19.4. The number of amides is 1. The van der Waals surface area contributed by atoms with Crippen LogP contribution in [0.2, 0.25) is 0 Å². The summed E-state index contributed by atoms with van der Waals surface area (Å²) in [6.07, 6.45) is 2.00. The molecule has 1 amide bonds. The summed E-state index contributed by atoms with van der Waals surface area (Å²) in [5.41, 5.74) is 2.54. The molecule has 1 aliphatic heterocycles. The molecule has 1 fully saturated rings.